The van der Waals surface area contributed by atoms with Gasteiger partial charge in [0.1, 0.15) is 5.75 Å². The first kappa shape index (κ1) is 16.3. The molecule has 1 aliphatic carbocycles. The van der Waals surface area contributed by atoms with E-state index in [2.05, 4.69) is 10.0 Å². The van der Waals surface area contributed by atoms with Gasteiger partial charge in [-0.1, -0.05) is 6.07 Å². The molecule has 0 spiro atoms. The highest BCUT2D eigenvalue weighted by Gasteiger charge is 2.26. The molecule has 1 aromatic rings. The Morgan fingerprint density at radius 2 is 2.10 bits per heavy atom. The van der Waals surface area contributed by atoms with Crippen LogP contribution in [0.5, 0.6) is 5.75 Å². The van der Waals surface area contributed by atoms with E-state index in [4.69, 9.17) is 0 Å². The molecule has 21 heavy (non-hydrogen) atoms. The number of nitrogens with one attached hydrogen (secondary N) is 2. The number of rotatable bonds is 5. The summed E-state index contributed by atoms with van der Waals surface area (Å²) in [5, 5.41) is 13.0. The van der Waals surface area contributed by atoms with Crippen LogP contribution >= 0.6 is 0 Å². The Labute approximate surface area is 126 Å². The van der Waals surface area contributed by atoms with Crippen LogP contribution in [0.15, 0.2) is 18.2 Å². The molecule has 0 bridgehead atoms. The van der Waals surface area contributed by atoms with Gasteiger partial charge in [-0.05, 0) is 56.4 Å². The summed E-state index contributed by atoms with van der Waals surface area (Å²) in [4.78, 5) is 0. The molecular formula is C15H24N2O3S. The number of phenols is 1. The predicted octanol–water partition coefficient (Wildman–Crippen LogP) is 1.69. The van der Waals surface area contributed by atoms with E-state index in [1.807, 2.05) is 26.0 Å². The van der Waals surface area contributed by atoms with E-state index in [1.165, 1.54) is 17.4 Å². The fourth-order valence-corrected chi connectivity index (χ4v) is 4.01. The molecule has 0 heterocycles. The van der Waals surface area contributed by atoms with Crippen LogP contribution < -0.4 is 10.0 Å². The molecule has 1 aromatic carbocycles. The molecule has 0 fully saturated rings. The summed E-state index contributed by atoms with van der Waals surface area (Å²) in [5.41, 5.74) is 1.84. The Hall–Kier alpha value is -1.11. The Balaban J connectivity index is 2.05. The number of sulfonamides is 1. The van der Waals surface area contributed by atoms with Gasteiger partial charge in [0.15, 0.2) is 0 Å². The van der Waals surface area contributed by atoms with Crippen LogP contribution in [0.25, 0.3) is 0 Å². The predicted molar refractivity (Wildman–Crippen MR) is 83.8 cm³/mol. The molecule has 2 rings (SSSR count). The second kappa shape index (κ2) is 5.94. The van der Waals surface area contributed by atoms with Gasteiger partial charge < -0.3 is 10.4 Å². The van der Waals surface area contributed by atoms with Gasteiger partial charge >= 0.3 is 0 Å². The highest BCUT2D eigenvalue weighted by atomic mass is 32.2. The fraction of sp³-hybridized carbons (Fsp3) is 0.600. The molecule has 0 saturated carbocycles. The number of fused-ring (bicyclic) bond motifs is 1. The summed E-state index contributed by atoms with van der Waals surface area (Å²) < 4.78 is 25.4. The second-order valence-electron chi connectivity index (χ2n) is 6.47. The van der Waals surface area contributed by atoms with Crippen molar-refractivity contribution in [1.29, 1.82) is 0 Å². The first-order valence-electron chi connectivity index (χ1n) is 7.20. The average Bonchev–Trinajstić information content (AvgIpc) is 2.33. The van der Waals surface area contributed by atoms with E-state index >= 15 is 0 Å². The van der Waals surface area contributed by atoms with Crippen LogP contribution in [-0.2, 0) is 16.4 Å². The first-order chi connectivity index (χ1) is 9.66. The minimum Gasteiger partial charge on any atom is -0.508 e. The normalized spacial score (nSPS) is 19.3. The lowest BCUT2D eigenvalue weighted by Gasteiger charge is -2.31. The molecule has 3 N–H and O–H groups in total. The number of benzene rings is 1. The molecule has 0 amide bonds. The van der Waals surface area contributed by atoms with Crippen molar-refractivity contribution in [3.05, 3.63) is 29.3 Å². The summed E-state index contributed by atoms with van der Waals surface area (Å²) in [7, 11) is -3.22. The average molecular weight is 312 g/mol. The molecule has 5 nitrogen and oxygen atoms in total. The molecule has 0 saturated heterocycles. The molecule has 1 unspecified atom stereocenters. The molecule has 118 valence electrons. The SMILES string of the molecule is CC(C)(CNC1CCCc2cc(O)ccc21)NS(C)(=O)=O. The van der Waals surface area contributed by atoms with E-state index in [0.29, 0.717) is 12.3 Å². The lowest BCUT2D eigenvalue weighted by molar-refractivity contribution is 0.369. The van der Waals surface area contributed by atoms with Crippen LogP contribution in [-0.4, -0.2) is 31.9 Å². The summed E-state index contributed by atoms with van der Waals surface area (Å²) in [6.45, 7) is 4.27. The lowest BCUT2D eigenvalue weighted by Crippen LogP contribution is -2.50. The molecular weight excluding hydrogens is 288 g/mol. The zero-order chi connectivity index (χ0) is 15.7. The van der Waals surface area contributed by atoms with Crippen molar-refractivity contribution in [2.75, 3.05) is 12.8 Å². The minimum absolute atomic E-state index is 0.204. The van der Waals surface area contributed by atoms with E-state index < -0.39 is 15.6 Å². The third kappa shape index (κ3) is 4.69. The highest BCUT2D eigenvalue weighted by Crippen LogP contribution is 2.32. The number of aryl methyl sites for hydroxylation is 1. The summed E-state index contributed by atoms with van der Waals surface area (Å²) in [6.07, 6.45) is 4.24. The molecule has 0 aromatic heterocycles. The van der Waals surface area contributed by atoms with Crippen molar-refractivity contribution in [2.45, 2.75) is 44.7 Å². The first-order valence-corrected chi connectivity index (χ1v) is 9.10. The van der Waals surface area contributed by atoms with Crippen LogP contribution in [0.1, 0.15) is 43.9 Å². The zero-order valence-electron chi connectivity index (χ0n) is 12.8. The van der Waals surface area contributed by atoms with Crippen LogP contribution in [0.2, 0.25) is 0 Å². The van der Waals surface area contributed by atoms with Gasteiger partial charge in [-0.25, -0.2) is 13.1 Å². The maximum Gasteiger partial charge on any atom is 0.209 e. The van der Waals surface area contributed by atoms with Crippen molar-refractivity contribution < 1.29 is 13.5 Å². The van der Waals surface area contributed by atoms with E-state index in [-0.39, 0.29) is 6.04 Å². The van der Waals surface area contributed by atoms with E-state index in [1.54, 1.807) is 6.07 Å². The van der Waals surface area contributed by atoms with Crippen molar-refractivity contribution >= 4 is 10.0 Å². The smallest absolute Gasteiger partial charge is 0.209 e. The maximum absolute atomic E-state index is 11.4. The Morgan fingerprint density at radius 3 is 2.76 bits per heavy atom. The van der Waals surface area contributed by atoms with Crippen molar-refractivity contribution in [3.63, 3.8) is 0 Å². The Kier molecular flexibility index (Phi) is 4.60. The van der Waals surface area contributed by atoms with E-state index in [9.17, 15) is 13.5 Å². The molecule has 1 aliphatic rings. The standard InChI is InChI=1S/C15H24N2O3S/c1-15(2,17-21(3,19)20)10-16-14-6-4-5-11-9-12(18)7-8-13(11)14/h7-9,14,16-18H,4-6,10H2,1-3H3. The summed E-state index contributed by atoms with van der Waals surface area (Å²) in [5.74, 6) is 0.300. The topological polar surface area (TPSA) is 78.4 Å². The summed E-state index contributed by atoms with van der Waals surface area (Å²) in [6, 6.07) is 5.69. The molecule has 1 atom stereocenters. The van der Waals surface area contributed by atoms with Crippen molar-refractivity contribution in [1.82, 2.24) is 10.0 Å². The summed E-state index contributed by atoms with van der Waals surface area (Å²) >= 11 is 0. The van der Waals surface area contributed by atoms with Gasteiger partial charge in [-0.2, -0.15) is 0 Å². The zero-order valence-corrected chi connectivity index (χ0v) is 13.6. The van der Waals surface area contributed by atoms with Gasteiger partial charge in [0.2, 0.25) is 10.0 Å². The molecule has 0 radical (unpaired) electrons. The van der Waals surface area contributed by atoms with Crippen molar-refractivity contribution in [2.24, 2.45) is 0 Å². The van der Waals surface area contributed by atoms with Gasteiger partial charge in [0.25, 0.3) is 0 Å². The number of aromatic hydroxyl groups is 1. The van der Waals surface area contributed by atoms with E-state index in [0.717, 1.165) is 19.3 Å². The second-order valence-corrected chi connectivity index (χ2v) is 8.22. The van der Waals surface area contributed by atoms with Crippen LogP contribution in [0.4, 0.5) is 0 Å². The quantitative estimate of drug-likeness (QED) is 0.773. The number of hydrogen-bond donors (Lipinski definition) is 3. The van der Waals surface area contributed by atoms with Crippen molar-refractivity contribution in [3.8, 4) is 5.75 Å². The highest BCUT2D eigenvalue weighted by molar-refractivity contribution is 7.88. The minimum atomic E-state index is -3.22. The number of hydrogen-bond acceptors (Lipinski definition) is 4. The lowest BCUT2D eigenvalue weighted by atomic mass is 9.87. The molecule has 6 heteroatoms. The van der Waals surface area contributed by atoms with Gasteiger partial charge in [0.05, 0.1) is 6.26 Å². The Bertz CT molecular complexity index is 611. The fourth-order valence-electron chi connectivity index (χ4n) is 2.93. The largest absolute Gasteiger partial charge is 0.508 e. The van der Waals surface area contributed by atoms with Gasteiger partial charge in [-0.15, -0.1) is 0 Å². The third-order valence-electron chi connectivity index (χ3n) is 3.69. The monoisotopic (exact) mass is 312 g/mol. The van der Waals surface area contributed by atoms with Gasteiger partial charge in [0, 0.05) is 18.1 Å². The van der Waals surface area contributed by atoms with Crippen LogP contribution in [0, 0.1) is 0 Å². The van der Waals surface area contributed by atoms with Crippen LogP contribution in [0.3, 0.4) is 0 Å². The number of phenolic OH excluding ortho intramolecular Hbond substituents is 1. The Morgan fingerprint density at radius 1 is 1.38 bits per heavy atom. The third-order valence-corrected chi connectivity index (χ3v) is 4.62. The maximum atomic E-state index is 11.4. The van der Waals surface area contributed by atoms with Gasteiger partial charge in [-0.3, -0.25) is 0 Å². The molecule has 0 aliphatic heterocycles.